The maximum Gasteiger partial charge on any atom is 0.236 e. The van der Waals surface area contributed by atoms with Gasteiger partial charge in [-0.05, 0) is 140 Å². The highest BCUT2D eigenvalue weighted by atomic mass is 32.1. The van der Waals surface area contributed by atoms with E-state index in [9.17, 15) is 0 Å². The normalized spacial score (nSPS) is 13.6. The van der Waals surface area contributed by atoms with Gasteiger partial charge in [-0.15, -0.1) is 22.7 Å². The van der Waals surface area contributed by atoms with Crippen LogP contribution in [0.15, 0.2) is 152 Å². The van der Waals surface area contributed by atoms with Crippen LogP contribution in [-0.4, -0.2) is 11.3 Å². The smallest absolute Gasteiger partial charge is 0.236 e. The summed E-state index contributed by atoms with van der Waals surface area (Å²) in [5.41, 5.74) is 21.8. The molecule has 2 aliphatic heterocycles. The molecule has 65 heavy (non-hydrogen) atoms. The average molecular weight is 873 g/mol. The molecule has 5 heterocycles. The Hall–Kier alpha value is -6.40. The molecule has 314 valence electrons. The molecule has 2 aliphatic rings. The summed E-state index contributed by atoms with van der Waals surface area (Å²) >= 11 is 3.91. The molecule has 2 nitrogen and oxygen atoms in total. The zero-order valence-corrected chi connectivity index (χ0v) is 39.5. The van der Waals surface area contributed by atoms with Crippen molar-refractivity contribution in [3.8, 4) is 22.3 Å². The third-order valence-electron chi connectivity index (χ3n) is 14.7. The number of hydrogen-bond donors (Lipinski definition) is 0. The molecular formula is C60H49BN2S2. The maximum atomic E-state index is 2.75. The van der Waals surface area contributed by atoms with Gasteiger partial charge in [-0.1, -0.05) is 148 Å². The number of para-hydroxylation sites is 1. The van der Waals surface area contributed by atoms with Crippen molar-refractivity contribution in [2.24, 2.45) is 0 Å². The van der Waals surface area contributed by atoms with E-state index in [0.717, 1.165) is 19.4 Å². The van der Waals surface area contributed by atoms with E-state index >= 15 is 0 Å². The standard InChI is InChI=1S/C60H49BN2S2/c1-35-27-36(2)53(37(3)28-35)41-30-42-29-39-17-14-20-46-54-44-18-10-13-22-51(44)65-59(54)63(58(39)46)34-61-56(42)49(31-41)62(48-25-26-52-55(57(48)61)45-19-11-12-21-50(45)64-52)33-40-23-24-43(60(4,5)6)32-47(40)38-15-8-7-9-16-38/h7-28,30-32H,29,33-34H2,1-6H3. The first kappa shape index (κ1) is 39.0. The van der Waals surface area contributed by atoms with Gasteiger partial charge in [-0.25, -0.2) is 0 Å². The first-order valence-electron chi connectivity index (χ1n) is 23.2. The Balaban J connectivity index is 1.15. The van der Waals surface area contributed by atoms with E-state index in [1.165, 1.54) is 135 Å². The zero-order valence-electron chi connectivity index (χ0n) is 37.8. The first-order valence-corrected chi connectivity index (χ1v) is 24.8. The Kier molecular flexibility index (Phi) is 8.58. The molecule has 0 aliphatic carbocycles. The van der Waals surface area contributed by atoms with Gasteiger partial charge < -0.3 is 9.47 Å². The molecule has 0 bridgehead atoms. The highest BCUT2D eigenvalue weighted by Crippen LogP contribution is 2.47. The minimum atomic E-state index is 0.0204. The molecule has 0 fully saturated rings. The Morgan fingerprint density at radius 2 is 1.28 bits per heavy atom. The molecule has 8 aromatic carbocycles. The number of aromatic nitrogens is 1. The highest BCUT2D eigenvalue weighted by molar-refractivity contribution is 7.26. The van der Waals surface area contributed by atoms with Crippen molar-refractivity contribution in [3.63, 3.8) is 0 Å². The second-order valence-electron chi connectivity index (χ2n) is 19.8. The average Bonchev–Trinajstić information content (AvgIpc) is 3.96. The lowest BCUT2D eigenvalue weighted by Crippen LogP contribution is -2.55. The van der Waals surface area contributed by atoms with Crippen LogP contribution in [0.1, 0.15) is 59.7 Å². The van der Waals surface area contributed by atoms with Gasteiger partial charge >= 0.3 is 0 Å². The van der Waals surface area contributed by atoms with Crippen molar-refractivity contribution in [3.05, 3.63) is 191 Å². The lowest BCUT2D eigenvalue weighted by Gasteiger charge is -2.40. The van der Waals surface area contributed by atoms with Crippen molar-refractivity contribution in [1.82, 2.24) is 4.57 Å². The van der Waals surface area contributed by atoms with Gasteiger partial charge in [0.2, 0.25) is 6.71 Å². The predicted octanol–water partition coefficient (Wildman–Crippen LogP) is 15.3. The maximum absolute atomic E-state index is 2.75. The van der Waals surface area contributed by atoms with Crippen molar-refractivity contribution in [1.29, 1.82) is 0 Å². The van der Waals surface area contributed by atoms with E-state index in [2.05, 4.69) is 203 Å². The van der Waals surface area contributed by atoms with Gasteiger partial charge in [0.1, 0.15) is 4.83 Å². The molecule has 5 heteroatoms. The number of aryl methyl sites for hydroxylation is 3. The lowest BCUT2D eigenvalue weighted by atomic mass is 9.36. The highest BCUT2D eigenvalue weighted by Gasteiger charge is 2.40. The number of nitrogens with zero attached hydrogens (tertiary/aromatic N) is 2. The molecule has 0 saturated carbocycles. The van der Waals surface area contributed by atoms with Crippen LogP contribution in [0.3, 0.4) is 0 Å². The van der Waals surface area contributed by atoms with Crippen LogP contribution in [0.5, 0.6) is 0 Å². The number of anilines is 2. The fourth-order valence-corrected chi connectivity index (χ4v) is 14.3. The van der Waals surface area contributed by atoms with E-state index in [1.807, 2.05) is 22.7 Å². The van der Waals surface area contributed by atoms with Crippen LogP contribution in [0, 0.1) is 20.8 Å². The van der Waals surface area contributed by atoms with Crippen LogP contribution < -0.4 is 15.8 Å². The lowest BCUT2D eigenvalue weighted by molar-refractivity contribution is 0.590. The molecule has 11 aromatic rings. The van der Waals surface area contributed by atoms with Crippen molar-refractivity contribution in [2.75, 3.05) is 4.90 Å². The van der Waals surface area contributed by atoms with Crippen LogP contribution >= 0.6 is 22.7 Å². The summed E-state index contributed by atoms with van der Waals surface area (Å²) in [6.07, 6.45) is 1.73. The summed E-state index contributed by atoms with van der Waals surface area (Å²) in [5, 5.41) is 6.93. The summed E-state index contributed by atoms with van der Waals surface area (Å²) < 4.78 is 6.82. The summed E-state index contributed by atoms with van der Waals surface area (Å²) in [6, 6.07) is 58.5. The number of rotatable bonds is 4. The van der Waals surface area contributed by atoms with E-state index in [0.29, 0.717) is 0 Å². The van der Waals surface area contributed by atoms with Gasteiger partial charge in [0, 0.05) is 54.6 Å². The van der Waals surface area contributed by atoms with Gasteiger partial charge in [-0.2, -0.15) is 0 Å². The topological polar surface area (TPSA) is 8.17 Å². The fraction of sp³-hybridized carbons (Fsp3) is 0.167. The molecule has 0 atom stereocenters. The van der Waals surface area contributed by atoms with Crippen LogP contribution in [0.4, 0.5) is 11.4 Å². The van der Waals surface area contributed by atoms with Gasteiger partial charge in [0.15, 0.2) is 0 Å². The number of thiophene rings is 2. The van der Waals surface area contributed by atoms with E-state index in [4.69, 9.17) is 0 Å². The molecule has 0 unspecified atom stereocenters. The Morgan fingerprint density at radius 3 is 2.05 bits per heavy atom. The number of benzene rings is 8. The Bertz CT molecular complexity index is 3760. The predicted molar refractivity (Wildman–Crippen MR) is 284 cm³/mol. The van der Waals surface area contributed by atoms with E-state index in [1.54, 1.807) is 0 Å². The molecule has 0 N–H and O–H groups in total. The summed E-state index contributed by atoms with van der Waals surface area (Å²) in [5.74, 6) is 0. The number of fused-ring (bicyclic) bond motifs is 11. The number of hydrogen-bond acceptors (Lipinski definition) is 3. The third-order valence-corrected chi connectivity index (χ3v) is 17.0. The third kappa shape index (κ3) is 5.91. The van der Waals surface area contributed by atoms with Gasteiger partial charge in [-0.3, -0.25) is 0 Å². The van der Waals surface area contributed by atoms with Crippen molar-refractivity contribution >= 4 is 103 Å². The van der Waals surface area contributed by atoms with Gasteiger partial charge in [0.25, 0.3) is 0 Å². The van der Waals surface area contributed by atoms with Crippen LogP contribution in [-0.2, 0) is 24.8 Å². The van der Waals surface area contributed by atoms with E-state index < -0.39 is 0 Å². The monoisotopic (exact) mass is 872 g/mol. The molecule has 3 aromatic heterocycles. The fourth-order valence-electron chi connectivity index (χ4n) is 11.9. The SMILES string of the molecule is Cc1cc(C)c(-c2cc3c4c(c2)N(Cc2ccc(C(C)(C)C)cc2-c2ccccc2)c2ccc5sc6ccccc6c5c2B4Cn2c4sc5ccccc5c4c4cccc(c42)C3)c(C)c1. The molecular weight excluding hydrogens is 824 g/mol. The second kappa shape index (κ2) is 14.3. The molecule has 0 amide bonds. The largest absolute Gasteiger partial charge is 0.339 e. The summed E-state index contributed by atoms with van der Waals surface area (Å²) in [6.45, 7) is 14.7. The second-order valence-corrected chi connectivity index (χ2v) is 21.9. The van der Waals surface area contributed by atoms with Gasteiger partial charge in [0.05, 0.1) is 5.52 Å². The minimum absolute atomic E-state index is 0.0204. The molecule has 0 spiro atoms. The van der Waals surface area contributed by atoms with Crippen molar-refractivity contribution < 1.29 is 0 Å². The van der Waals surface area contributed by atoms with Crippen molar-refractivity contribution in [2.45, 2.75) is 66.4 Å². The quantitative estimate of drug-likeness (QED) is 0.160. The Labute approximate surface area is 389 Å². The summed E-state index contributed by atoms with van der Waals surface area (Å²) in [4.78, 5) is 4.12. The van der Waals surface area contributed by atoms with E-state index in [-0.39, 0.29) is 12.1 Å². The Morgan fingerprint density at radius 1 is 0.569 bits per heavy atom. The zero-order chi connectivity index (χ0) is 43.9. The summed E-state index contributed by atoms with van der Waals surface area (Å²) in [7, 11) is 0. The molecule has 13 rings (SSSR count). The molecule has 0 radical (unpaired) electrons. The van der Waals surface area contributed by atoms with Crippen LogP contribution in [0.2, 0.25) is 0 Å². The van der Waals surface area contributed by atoms with Crippen LogP contribution in [0.25, 0.3) is 73.6 Å². The first-order chi connectivity index (χ1) is 31.6. The molecule has 0 saturated heterocycles. The minimum Gasteiger partial charge on any atom is -0.339 e.